The van der Waals surface area contributed by atoms with Crippen molar-refractivity contribution in [1.29, 1.82) is 0 Å². The molecule has 0 bridgehead atoms. The summed E-state index contributed by atoms with van der Waals surface area (Å²) < 4.78 is 1.64. The van der Waals surface area contributed by atoms with Crippen LogP contribution in [-0.2, 0) is 7.05 Å². The maximum absolute atomic E-state index is 11.3. The Morgan fingerprint density at radius 1 is 1.33 bits per heavy atom. The van der Waals surface area contributed by atoms with Gasteiger partial charge in [-0.25, -0.2) is 14.8 Å². The number of aromatic amines is 1. The number of H-pyrrole nitrogens is 1. The van der Waals surface area contributed by atoms with E-state index in [1.807, 2.05) is 0 Å². The topological polar surface area (TPSA) is 96.7 Å². The average Bonchev–Trinajstić information content (AvgIpc) is 3.08. The van der Waals surface area contributed by atoms with E-state index in [9.17, 15) is 9.90 Å². The fourth-order valence-electron chi connectivity index (χ4n) is 2.65. The lowest BCUT2D eigenvalue weighted by molar-refractivity contribution is 0.0699. The van der Waals surface area contributed by atoms with Gasteiger partial charge in [0.05, 0.1) is 16.7 Å². The maximum atomic E-state index is 11.3. The van der Waals surface area contributed by atoms with Gasteiger partial charge in [-0.05, 0) is 12.1 Å². The van der Waals surface area contributed by atoms with E-state index < -0.39 is 5.97 Å². The summed E-state index contributed by atoms with van der Waals surface area (Å²) in [6.45, 7) is 0. The number of carbonyl (C=O) groups is 1. The third-order valence-electron chi connectivity index (χ3n) is 3.72. The highest BCUT2D eigenvalue weighted by Gasteiger charge is 2.19. The zero-order valence-electron chi connectivity index (χ0n) is 12.2. The number of halogens is 2. The summed E-state index contributed by atoms with van der Waals surface area (Å²) in [6, 6.07) is 3.38. The molecule has 0 fully saturated rings. The van der Waals surface area contributed by atoms with E-state index in [1.165, 1.54) is 12.4 Å². The number of fused-ring (bicyclic) bond motifs is 2. The second-order valence-electron chi connectivity index (χ2n) is 5.21. The Morgan fingerprint density at radius 2 is 2.12 bits per heavy atom. The highest BCUT2D eigenvalue weighted by molar-refractivity contribution is 6.39. The molecule has 4 rings (SSSR count). The van der Waals surface area contributed by atoms with Crippen LogP contribution in [0.1, 0.15) is 10.4 Å². The summed E-state index contributed by atoms with van der Waals surface area (Å²) in [4.78, 5) is 22.7. The minimum Gasteiger partial charge on any atom is -0.478 e. The molecule has 24 heavy (non-hydrogen) atoms. The molecule has 3 aromatic heterocycles. The van der Waals surface area contributed by atoms with Crippen molar-refractivity contribution in [1.82, 2.24) is 24.7 Å². The van der Waals surface area contributed by atoms with Crippen molar-refractivity contribution in [3.63, 3.8) is 0 Å². The lowest BCUT2D eigenvalue weighted by atomic mass is 10.1. The fraction of sp³-hybridized carbons (Fsp3) is 0.0667. The highest BCUT2D eigenvalue weighted by Crippen LogP contribution is 2.35. The summed E-state index contributed by atoms with van der Waals surface area (Å²) in [5, 5.41) is 15.3. The second kappa shape index (κ2) is 5.19. The van der Waals surface area contributed by atoms with Gasteiger partial charge in [0.1, 0.15) is 22.5 Å². The van der Waals surface area contributed by atoms with Gasteiger partial charge < -0.3 is 10.1 Å². The number of hydrogen-bond donors (Lipinski definition) is 2. The van der Waals surface area contributed by atoms with Crippen molar-refractivity contribution in [2.24, 2.45) is 7.05 Å². The summed E-state index contributed by atoms with van der Waals surface area (Å²) in [6.07, 6.45) is 2.89. The highest BCUT2D eigenvalue weighted by atomic mass is 35.5. The van der Waals surface area contributed by atoms with E-state index in [0.717, 1.165) is 5.52 Å². The van der Waals surface area contributed by atoms with Crippen molar-refractivity contribution in [2.75, 3.05) is 0 Å². The van der Waals surface area contributed by atoms with E-state index in [2.05, 4.69) is 20.1 Å². The quantitative estimate of drug-likeness (QED) is 0.569. The fourth-order valence-corrected chi connectivity index (χ4v) is 3.22. The third-order valence-corrected chi connectivity index (χ3v) is 4.24. The van der Waals surface area contributed by atoms with Crippen molar-refractivity contribution >= 4 is 51.2 Å². The van der Waals surface area contributed by atoms with Crippen LogP contribution < -0.4 is 0 Å². The Hall–Kier alpha value is -2.64. The number of carboxylic acid groups (broad SMARTS) is 1. The number of aromatic carboxylic acids is 1. The summed E-state index contributed by atoms with van der Waals surface area (Å²) >= 11 is 12.4. The molecular formula is C15H9Cl2N5O2. The molecule has 4 aromatic rings. The number of nitrogens with one attached hydrogen (secondary N) is 1. The molecule has 7 nitrogen and oxygen atoms in total. The van der Waals surface area contributed by atoms with Crippen LogP contribution in [-0.4, -0.2) is 35.8 Å². The average molecular weight is 362 g/mol. The Labute approximate surface area is 144 Å². The number of aryl methyl sites for hydroxylation is 1. The molecular weight excluding hydrogens is 353 g/mol. The molecule has 0 spiro atoms. The normalized spacial score (nSPS) is 11.5. The minimum absolute atomic E-state index is 0.0497. The first kappa shape index (κ1) is 14.9. The van der Waals surface area contributed by atoms with Crippen LogP contribution in [0.3, 0.4) is 0 Å². The van der Waals surface area contributed by atoms with Gasteiger partial charge in [-0.15, -0.1) is 0 Å². The van der Waals surface area contributed by atoms with Gasteiger partial charge in [0.2, 0.25) is 0 Å². The molecule has 2 N–H and O–H groups in total. The number of rotatable bonds is 2. The van der Waals surface area contributed by atoms with Gasteiger partial charge in [0.25, 0.3) is 0 Å². The van der Waals surface area contributed by atoms with E-state index in [4.69, 9.17) is 23.2 Å². The largest absolute Gasteiger partial charge is 0.478 e. The molecule has 0 saturated carbocycles. The first-order valence-corrected chi connectivity index (χ1v) is 7.61. The molecule has 0 radical (unpaired) electrons. The smallest absolute Gasteiger partial charge is 0.339 e. The Bertz CT molecular complexity index is 1130. The molecule has 120 valence electrons. The van der Waals surface area contributed by atoms with Gasteiger partial charge in [-0.3, -0.25) is 4.68 Å². The van der Waals surface area contributed by atoms with Crippen molar-refractivity contribution < 1.29 is 9.90 Å². The van der Waals surface area contributed by atoms with E-state index >= 15 is 0 Å². The zero-order valence-corrected chi connectivity index (χ0v) is 13.7. The molecule has 0 unspecified atom stereocenters. The standard InChI is InChI=1S/C15H9Cl2N5O2/c1-22-10-3-6(16)2-8(17)11(10)13(21-22)9-5-19-14-12(20-9)7(4-18-14)15(23)24/h2-5H,1H3,(H,18,19)(H,23,24). The summed E-state index contributed by atoms with van der Waals surface area (Å²) in [7, 11) is 1.77. The maximum Gasteiger partial charge on any atom is 0.339 e. The van der Waals surface area contributed by atoms with Crippen LogP contribution in [0.4, 0.5) is 0 Å². The number of hydrogen-bond acceptors (Lipinski definition) is 4. The third kappa shape index (κ3) is 2.13. The molecule has 0 amide bonds. The van der Waals surface area contributed by atoms with Crippen LogP contribution in [0.25, 0.3) is 33.5 Å². The van der Waals surface area contributed by atoms with Crippen molar-refractivity contribution in [3.8, 4) is 11.4 Å². The monoisotopic (exact) mass is 361 g/mol. The van der Waals surface area contributed by atoms with Crippen LogP contribution >= 0.6 is 23.2 Å². The van der Waals surface area contributed by atoms with Gasteiger partial charge in [0.15, 0.2) is 5.65 Å². The molecule has 3 heterocycles. The number of benzene rings is 1. The van der Waals surface area contributed by atoms with E-state index in [0.29, 0.717) is 32.5 Å². The SMILES string of the molecule is Cn1nc(-c2cnc3[nH]cc(C(=O)O)c3n2)c2c(Cl)cc(Cl)cc21. The van der Waals surface area contributed by atoms with Crippen LogP contribution in [0.5, 0.6) is 0 Å². The molecule has 9 heteroatoms. The lowest BCUT2D eigenvalue weighted by Crippen LogP contribution is -1.97. The summed E-state index contributed by atoms with van der Waals surface area (Å²) in [5.41, 5.74) is 2.40. The van der Waals surface area contributed by atoms with Gasteiger partial charge in [-0.1, -0.05) is 23.2 Å². The van der Waals surface area contributed by atoms with Crippen LogP contribution in [0, 0.1) is 0 Å². The molecule has 0 aliphatic carbocycles. The predicted octanol–water partition coefficient (Wildman–Crippen LogP) is 3.52. The second-order valence-corrected chi connectivity index (χ2v) is 6.06. The molecule has 0 aliphatic heterocycles. The first-order chi connectivity index (χ1) is 11.5. The first-order valence-electron chi connectivity index (χ1n) is 6.85. The lowest BCUT2D eigenvalue weighted by Gasteiger charge is -2.00. The van der Waals surface area contributed by atoms with E-state index in [-0.39, 0.29) is 11.1 Å². The predicted molar refractivity (Wildman–Crippen MR) is 90.6 cm³/mol. The minimum atomic E-state index is -1.08. The Morgan fingerprint density at radius 3 is 2.88 bits per heavy atom. The summed E-state index contributed by atoms with van der Waals surface area (Å²) in [5.74, 6) is -1.08. The molecule has 0 saturated heterocycles. The van der Waals surface area contributed by atoms with Gasteiger partial charge >= 0.3 is 5.97 Å². The molecule has 0 aliphatic rings. The van der Waals surface area contributed by atoms with Crippen molar-refractivity contribution in [2.45, 2.75) is 0 Å². The molecule has 1 aromatic carbocycles. The number of nitrogens with zero attached hydrogens (tertiary/aromatic N) is 4. The van der Waals surface area contributed by atoms with Crippen LogP contribution in [0.15, 0.2) is 24.5 Å². The Balaban J connectivity index is 2.03. The van der Waals surface area contributed by atoms with E-state index in [1.54, 1.807) is 23.9 Å². The van der Waals surface area contributed by atoms with Gasteiger partial charge in [0, 0.05) is 23.7 Å². The van der Waals surface area contributed by atoms with Crippen molar-refractivity contribution in [3.05, 3.63) is 40.1 Å². The zero-order chi connectivity index (χ0) is 17.0. The number of aromatic nitrogens is 5. The number of carboxylic acids is 1. The Kier molecular flexibility index (Phi) is 3.22. The molecule has 0 atom stereocenters. The van der Waals surface area contributed by atoms with Crippen LogP contribution in [0.2, 0.25) is 10.0 Å². The van der Waals surface area contributed by atoms with Gasteiger partial charge in [-0.2, -0.15) is 5.10 Å².